The van der Waals surface area contributed by atoms with Gasteiger partial charge in [0.2, 0.25) is 21.8 Å². The maximum absolute atomic E-state index is 13.7. The molecule has 2 rings (SSSR count). The molecular formula is C25H33F2N3O4S. The summed E-state index contributed by atoms with van der Waals surface area (Å²) in [6.07, 6.45) is 1.81. The highest BCUT2D eigenvalue weighted by molar-refractivity contribution is 7.92. The van der Waals surface area contributed by atoms with Gasteiger partial charge < -0.3 is 10.2 Å². The van der Waals surface area contributed by atoms with Crippen LogP contribution in [0.5, 0.6) is 0 Å². The molecule has 0 saturated heterocycles. The van der Waals surface area contributed by atoms with Crippen molar-refractivity contribution < 1.29 is 26.8 Å². The molecule has 0 spiro atoms. The number of carbonyl (C=O) groups is 2. The van der Waals surface area contributed by atoms with Crippen molar-refractivity contribution in [2.75, 3.05) is 23.7 Å². The first-order valence-electron chi connectivity index (χ1n) is 11.5. The fraction of sp³-hybridized carbons (Fsp3) is 0.440. The van der Waals surface area contributed by atoms with Gasteiger partial charge in [-0.15, -0.1) is 0 Å². The van der Waals surface area contributed by atoms with Crippen LogP contribution in [0.2, 0.25) is 0 Å². The van der Waals surface area contributed by atoms with Crippen molar-refractivity contribution in [3.05, 3.63) is 65.2 Å². The minimum Gasteiger partial charge on any atom is -0.354 e. The predicted molar refractivity (Wildman–Crippen MR) is 132 cm³/mol. The summed E-state index contributed by atoms with van der Waals surface area (Å²) < 4.78 is 52.5. The van der Waals surface area contributed by atoms with E-state index in [-0.39, 0.29) is 43.4 Å². The number of sulfonamides is 1. The smallest absolute Gasteiger partial charge is 0.242 e. The Morgan fingerprint density at radius 3 is 2.37 bits per heavy atom. The van der Waals surface area contributed by atoms with Crippen molar-refractivity contribution in [3.8, 4) is 0 Å². The summed E-state index contributed by atoms with van der Waals surface area (Å²) in [6, 6.07) is 9.67. The van der Waals surface area contributed by atoms with E-state index in [4.69, 9.17) is 0 Å². The van der Waals surface area contributed by atoms with Crippen LogP contribution in [0.4, 0.5) is 14.5 Å². The summed E-state index contributed by atoms with van der Waals surface area (Å²) in [4.78, 5) is 27.3. The molecule has 0 fully saturated rings. The maximum Gasteiger partial charge on any atom is 0.242 e. The Morgan fingerprint density at radius 2 is 1.77 bits per heavy atom. The molecule has 1 atom stereocenters. The lowest BCUT2D eigenvalue weighted by Gasteiger charge is -2.30. The maximum atomic E-state index is 13.7. The van der Waals surface area contributed by atoms with Crippen molar-refractivity contribution >= 4 is 27.5 Å². The molecule has 1 N–H and O–H groups in total. The third-order valence-corrected chi connectivity index (χ3v) is 6.86. The zero-order valence-electron chi connectivity index (χ0n) is 20.6. The van der Waals surface area contributed by atoms with Crippen LogP contribution in [0, 0.1) is 18.6 Å². The normalized spacial score (nSPS) is 12.2. The number of anilines is 1. The summed E-state index contributed by atoms with van der Waals surface area (Å²) in [7, 11) is -3.80. The first-order valence-corrected chi connectivity index (χ1v) is 13.3. The first kappa shape index (κ1) is 28.2. The average molecular weight is 510 g/mol. The summed E-state index contributed by atoms with van der Waals surface area (Å²) in [5.74, 6) is -2.83. The zero-order chi connectivity index (χ0) is 26.2. The van der Waals surface area contributed by atoms with Crippen LogP contribution >= 0.6 is 0 Å². The van der Waals surface area contributed by atoms with Crippen LogP contribution in [0.3, 0.4) is 0 Å². The highest BCUT2D eigenvalue weighted by atomic mass is 32.2. The molecule has 0 aromatic heterocycles. The van der Waals surface area contributed by atoms with E-state index in [0.29, 0.717) is 6.54 Å². The molecule has 0 saturated carbocycles. The third-order valence-electron chi connectivity index (χ3n) is 5.66. The van der Waals surface area contributed by atoms with Crippen LogP contribution in [0.15, 0.2) is 42.5 Å². The Hall–Kier alpha value is -3.01. The summed E-state index contributed by atoms with van der Waals surface area (Å²) >= 11 is 0. The number of halogens is 2. The van der Waals surface area contributed by atoms with E-state index < -0.39 is 27.7 Å². The molecule has 2 aromatic rings. The Kier molecular flexibility index (Phi) is 10.2. The second-order valence-corrected chi connectivity index (χ2v) is 10.4. The lowest BCUT2D eigenvalue weighted by atomic mass is 10.1. The standard InChI is InChI=1S/C25H33F2N3O4S/c1-5-14-28-25(32)19(3)29(17-20-10-7-6-9-18(20)2)24(31)11-8-15-30(35(4,33)34)21-12-13-22(26)23(27)16-21/h6-7,9-10,12-13,16,19H,5,8,11,14-15,17H2,1-4H3,(H,28,32). The fourth-order valence-corrected chi connectivity index (χ4v) is 4.55. The Morgan fingerprint density at radius 1 is 1.09 bits per heavy atom. The number of benzene rings is 2. The third kappa shape index (κ3) is 8.02. The van der Waals surface area contributed by atoms with E-state index in [0.717, 1.165) is 40.2 Å². The van der Waals surface area contributed by atoms with E-state index in [1.165, 1.54) is 11.0 Å². The summed E-state index contributed by atoms with van der Waals surface area (Å²) in [5, 5.41) is 2.81. The van der Waals surface area contributed by atoms with Crippen LogP contribution in [0.1, 0.15) is 44.2 Å². The molecule has 0 aliphatic rings. The lowest BCUT2D eigenvalue weighted by Crippen LogP contribution is -2.48. The summed E-state index contributed by atoms with van der Waals surface area (Å²) in [6.45, 7) is 6.13. The molecule has 192 valence electrons. The molecular weight excluding hydrogens is 476 g/mol. The zero-order valence-corrected chi connectivity index (χ0v) is 21.4. The number of amides is 2. The molecule has 7 nitrogen and oxygen atoms in total. The second-order valence-electron chi connectivity index (χ2n) is 8.45. The fourth-order valence-electron chi connectivity index (χ4n) is 3.59. The largest absolute Gasteiger partial charge is 0.354 e. The van der Waals surface area contributed by atoms with Crippen LogP contribution in [0.25, 0.3) is 0 Å². The summed E-state index contributed by atoms with van der Waals surface area (Å²) in [5.41, 5.74) is 1.85. The number of nitrogens with one attached hydrogen (secondary N) is 1. The van der Waals surface area contributed by atoms with Gasteiger partial charge in [-0.2, -0.15) is 0 Å². The number of hydrogen-bond donors (Lipinski definition) is 1. The molecule has 0 heterocycles. The van der Waals surface area contributed by atoms with Gasteiger partial charge in [-0.25, -0.2) is 17.2 Å². The number of rotatable bonds is 12. The minimum absolute atomic E-state index is 0.0251. The first-order chi connectivity index (χ1) is 16.5. The van der Waals surface area contributed by atoms with Gasteiger partial charge in [-0.05, 0) is 49.9 Å². The van der Waals surface area contributed by atoms with E-state index in [1.54, 1.807) is 6.92 Å². The molecule has 0 bridgehead atoms. The number of aryl methyl sites for hydroxylation is 1. The average Bonchev–Trinajstić information content (AvgIpc) is 2.80. The van der Waals surface area contributed by atoms with Crippen molar-refractivity contribution in [3.63, 3.8) is 0 Å². The highest BCUT2D eigenvalue weighted by Crippen LogP contribution is 2.22. The Balaban J connectivity index is 2.18. The van der Waals surface area contributed by atoms with Gasteiger partial charge in [0.15, 0.2) is 11.6 Å². The molecule has 2 amide bonds. The Labute approximate surface area is 206 Å². The SMILES string of the molecule is CCCNC(=O)C(C)N(Cc1ccccc1C)C(=O)CCCN(c1ccc(F)c(F)c1)S(C)(=O)=O. The van der Waals surface area contributed by atoms with Crippen LogP contribution in [-0.2, 0) is 26.2 Å². The molecule has 0 aliphatic heterocycles. The van der Waals surface area contributed by atoms with E-state index >= 15 is 0 Å². The minimum atomic E-state index is -3.80. The lowest BCUT2D eigenvalue weighted by molar-refractivity contribution is -0.140. The topological polar surface area (TPSA) is 86.8 Å². The van der Waals surface area contributed by atoms with Gasteiger partial charge in [-0.3, -0.25) is 13.9 Å². The number of nitrogens with zero attached hydrogens (tertiary/aromatic N) is 2. The van der Waals surface area contributed by atoms with E-state index in [1.807, 2.05) is 38.1 Å². The van der Waals surface area contributed by atoms with Gasteiger partial charge in [0.05, 0.1) is 11.9 Å². The van der Waals surface area contributed by atoms with Crippen LogP contribution in [-0.4, -0.2) is 50.5 Å². The molecule has 1 unspecified atom stereocenters. The van der Waals surface area contributed by atoms with E-state index in [2.05, 4.69) is 5.32 Å². The van der Waals surface area contributed by atoms with Crippen molar-refractivity contribution in [2.24, 2.45) is 0 Å². The molecule has 2 aromatic carbocycles. The van der Waals surface area contributed by atoms with Gasteiger partial charge in [0.25, 0.3) is 0 Å². The van der Waals surface area contributed by atoms with Gasteiger partial charge >= 0.3 is 0 Å². The van der Waals surface area contributed by atoms with Gasteiger partial charge in [-0.1, -0.05) is 31.2 Å². The van der Waals surface area contributed by atoms with Crippen molar-refractivity contribution in [1.29, 1.82) is 0 Å². The van der Waals surface area contributed by atoms with Crippen molar-refractivity contribution in [1.82, 2.24) is 10.2 Å². The molecule has 0 radical (unpaired) electrons. The van der Waals surface area contributed by atoms with Crippen molar-refractivity contribution in [2.45, 2.75) is 52.6 Å². The molecule has 0 aliphatic carbocycles. The quantitative estimate of drug-likeness (QED) is 0.472. The second kappa shape index (κ2) is 12.6. The van der Waals surface area contributed by atoms with Gasteiger partial charge in [0.1, 0.15) is 6.04 Å². The number of carbonyl (C=O) groups excluding carboxylic acids is 2. The van der Waals surface area contributed by atoms with Crippen LogP contribution < -0.4 is 9.62 Å². The van der Waals surface area contributed by atoms with Gasteiger partial charge in [0, 0.05) is 32.1 Å². The highest BCUT2D eigenvalue weighted by Gasteiger charge is 2.27. The van der Waals surface area contributed by atoms with E-state index in [9.17, 15) is 26.8 Å². The predicted octanol–water partition coefficient (Wildman–Crippen LogP) is 3.76. The Bertz CT molecular complexity index is 1140. The number of hydrogen-bond acceptors (Lipinski definition) is 4. The monoisotopic (exact) mass is 509 g/mol. The molecule has 35 heavy (non-hydrogen) atoms. The molecule has 10 heteroatoms.